The van der Waals surface area contributed by atoms with Gasteiger partial charge in [0, 0.05) is 12.1 Å². The molecule has 0 rings (SSSR count). The third-order valence-electron chi connectivity index (χ3n) is 5.24. The molecule has 0 amide bonds. The molecule has 2 unspecified atom stereocenters. The maximum absolute atomic E-state index is 3.66. The van der Waals surface area contributed by atoms with Gasteiger partial charge in [-0.2, -0.15) is 0 Å². The lowest BCUT2D eigenvalue weighted by Crippen LogP contribution is -2.28. The Bertz CT molecular complexity index is 247. The lowest BCUT2D eigenvalue weighted by Gasteiger charge is -2.15. The van der Waals surface area contributed by atoms with Crippen molar-refractivity contribution < 1.29 is 0 Å². The van der Waals surface area contributed by atoms with Gasteiger partial charge in [0.05, 0.1) is 0 Å². The molecule has 0 radical (unpaired) electrons. The van der Waals surface area contributed by atoms with Crippen LogP contribution in [0.25, 0.3) is 0 Å². The molecule has 2 nitrogen and oxygen atoms in total. The Kier molecular flexibility index (Phi) is 18.2. The zero-order valence-corrected chi connectivity index (χ0v) is 19.2. The van der Waals surface area contributed by atoms with Crippen LogP contribution in [-0.4, -0.2) is 25.2 Å². The van der Waals surface area contributed by atoms with Crippen molar-refractivity contribution in [1.29, 1.82) is 0 Å². The molecule has 0 aromatic rings. The highest BCUT2D eigenvalue weighted by Crippen LogP contribution is 2.11. The maximum Gasteiger partial charge on any atom is 0.00411 e. The number of unbranched alkanes of at least 4 members (excludes halogenated alkanes) is 9. The molecule has 158 valence electrons. The molecule has 0 heterocycles. The van der Waals surface area contributed by atoms with E-state index < -0.39 is 0 Å². The van der Waals surface area contributed by atoms with Gasteiger partial charge in [0.2, 0.25) is 0 Å². The summed E-state index contributed by atoms with van der Waals surface area (Å²) in [5.74, 6) is 1.62. The second-order valence-corrected chi connectivity index (χ2v) is 9.50. The fraction of sp³-hybridized carbons (Fsp3) is 1.00. The van der Waals surface area contributed by atoms with Gasteiger partial charge < -0.3 is 10.6 Å². The smallest absolute Gasteiger partial charge is 0.00411 e. The molecule has 0 spiro atoms. The van der Waals surface area contributed by atoms with Crippen molar-refractivity contribution in [2.75, 3.05) is 13.1 Å². The van der Waals surface area contributed by atoms with Crippen LogP contribution >= 0.6 is 0 Å². The molecule has 0 fully saturated rings. The van der Waals surface area contributed by atoms with Gasteiger partial charge in [-0.15, -0.1) is 0 Å². The fourth-order valence-corrected chi connectivity index (χ4v) is 3.94. The molecule has 0 aliphatic rings. The molecule has 2 atom stereocenters. The van der Waals surface area contributed by atoms with Crippen molar-refractivity contribution in [2.45, 2.75) is 131 Å². The van der Waals surface area contributed by atoms with Crippen LogP contribution in [0.3, 0.4) is 0 Å². The minimum Gasteiger partial charge on any atom is -0.314 e. The summed E-state index contributed by atoms with van der Waals surface area (Å²) in [7, 11) is 0. The fourth-order valence-electron chi connectivity index (χ4n) is 3.94. The highest BCUT2D eigenvalue weighted by atomic mass is 14.9. The molecular weight excluding hydrogens is 316 g/mol. The van der Waals surface area contributed by atoms with E-state index in [1.165, 1.54) is 90.1 Å². The van der Waals surface area contributed by atoms with Crippen molar-refractivity contribution in [2.24, 2.45) is 11.8 Å². The van der Waals surface area contributed by atoms with E-state index >= 15 is 0 Å². The van der Waals surface area contributed by atoms with Crippen LogP contribution in [0, 0.1) is 11.8 Å². The van der Waals surface area contributed by atoms with Crippen LogP contribution in [0.15, 0.2) is 0 Å². The van der Waals surface area contributed by atoms with Crippen LogP contribution in [-0.2, 0) is 0 Å². The van der Waals surface area contributed by atoms with Gasteiger partial charge in [-0.25, -0.2) is 0 Å². The number of hydrogen-bond acceptors (Lipinski definition) is 2. The van der Waals surface area contributed by atoms with Crippen molar-refractivity contribution in [3.05, 3.63) is 0 Å². The Hall–Kier alpha value is -0.0800. The SMILES string of the molecule is CC(C)CC(C)NCCCCCCCCCCCCNC(C)CC(C)C. The van der Waals surface area contributed by atoms with Gasteiger partial charge in [0.25, 0.3) is 0 Å². The summed E-state index contributed by atoms with van der Waals surface area (Å²) in [6.45, 7) is 16.3. The first-order valence-corrected chi connectivity index (χ1v) is 11.9. The predicted octanol–water partition coefficient (Wildman–Crippen LogP) is 6.94. The van der Waals surface area contributed by atoms with Crippen molar-refractivity contribution in [1.82, 2.24) is 10.6 Å². The van der Waals surface area contributed by atoms with Gasteiger partial charge >= 0.3 is 0 Å². The number of nitrogens with one attached hydrogen (secondary N) is 2. The van der Waals surface area contributed by atoms with E-state index in [1.807, 2.05) is 0 Å². The molecular formula is C24H52N2. The summed E-state index contributed by atoms with van der Waals surface area (Å²) in [6, 6.07) is 1.37. The molecule has 2 heteroatoms. The maximum atomic E-state index is 3.66. The summed E-state index contributed by atoms with van der Waals surface area (Å²) in [5.41, 5.74) is 0. The summed E-state index contributed by atoms with van der Waals surface area (Å²) in [5, 5.41) is 7.32. The van der Waals surface area contributed by atoms with E-state index in [4.69, 9.17) is 0 Å². The molecule has 0 bridgehead atoms. The first-order valence-electron chi connectivity index (χ1n) is 11.9. The molecule has 0 saturated heterocycles. The summed E-state index contributed by atoms with van der Waals surface area (Å²) < 4.78 is 0. The minimum atomic E-state index is 0.684. The first-order chi connectivity index (χ1) is 12.4. The van der Waals surface area contributed by atoms with E-state index in [0.29, 0.717) is 12.1 Å². The average Bonchev–Trinajstić information content (AvgIpc) is 2.53. The van der Waals surface area contributed by atoms with E-state index in [9.17, 15) is 0 Å². The second-order valence-electron chi connectivity index (χ2n) is 9.50. The first kappa shape index (κ1) is 25.9. The van der Waals surface area contributed by atoms with Crippen molar-refractivity contribution in [3.63, 3.8) is 0 Å². The normalized spacial score (nSPS) is 14.3. The van der Waals surface area contributed by atoms with Crippen LogP contribution in [0.5, 0.6) is 0 Å². The highest BCUT2D eigenvalue weighted by Gasteiger charge is 2.04. The largest absolute Gasteiger partial charge is 0.314 e. The molecule has 0 aromatic heterocycles. The quantitative estimate of drug-likeness (QED) is 0.241. The van der Waals surface area contributed by atoms with E-state index in [0.717, 1.165) is 11.8 Å². The zero-order valence-electron chi connectivity index (χ0n) is 19.2. The van der Waals surface area contributed by atoms with Gasteiger partial charge in [-0.1, -0.05) is 79.1 Å². The van der Waals surface area contributed by atoms with Crippen LogP contribution in [0.1, 0.15) is 119 Å². The van der Waals surface area contributed by atoms with Crippen LogP contribution in [0.4, 0.5) is 0 Å². The molecule has 0 aromatic carbocycles. The Morgan fingerprint density at radius 3 is 0.962 bits per heavy atom. The summed E-state index contributed by atoms with van der Waals surface area (Å²) in [6.07, 6.45) is 16.7. The third-order valence-corrected chi connectivity index (χ3v) is 5.24. The molecule has 0 aliphatic heterocycles. The lowest BCUT2D eigenvalue weighted by molar-refractivity contribution is 0.431. The lowest BCUT2D eigenvalue weighted by atomic mass is 10.0. The third kappa shape index (κ3) is 20.2. The van der Waals surface area contributed by atoms with Gasteiger partial charge in [0.15, 0.2) is 0 Å². The van der Waals surface area contributed by atoms with E-state index in [2.05, 4.69) is 52.2 Å². The highest BCUT2D eigenvalue weighted by molar-refractivity contribution is 4.63. The van der Waals surface area contributed by atoms with E-state index in [-0.39, 0.29) is 0 Å². The molecule has 0 saturated carbocycles. The molecule has 2 N–H and O–H groups in total. The minimum absolute atomic E-state index is 0.684. The topological polar surface area (TPSA) is 24.1 Å². The Balaban J connectivity index is 3.16. The molecule has 0 aliphatic carbocycles. The Labute approximate surface area is 166 Å². The Morgan fingerprint density at radius 2 is 0.692 bits per heavy atom. The van der Waals surface area contributed by atoms with Gasteiger partial charge in [0.1, 0.15) is 0 Å². The van der Waals surface area contributed by atoms with Gasteiger partial charge in [-0.05, 0) is 64.5 Å². The zero-order chi connectivity index (χ0) is 19.6. The summed E-state index contributed by atoms with van der Waals surface area (Å²) >= 11 is 0. The average molecular weight is 369 g/mol. The van der Waals surface area contributed by atoms with Crippen LogP contribution in [0.2, 0.25) is 0 Å². The predicted molar refractivity (Wildman–Crippen MR) is 120 cm³/mol. The number of hydrogen-bond donors (Lipinski definition) is 2. The van der Waals surface area contributed by atoms with E-state index in [1.54, 1.807) is 0 Å². The Morgan fingerprint density at radius 1 is 0.423 bits per heavy atom. The van der Waals surface area contributed by atoms with Crippen molar-refractivity contribution >= 4 is 0 Å². The van der Waals surface area contributed by atoms with Crippen LogP contribution < -0.4 is 10.6 Å². The monoisotopic (exact) mass is 368 g/mol. The van der Waals surface area contributed by atoms with Crippen molar-refractivity contribution in [3.8, 4) is 0 Å². The standard InChI is InChI=1S/C24H52N2/c1-21(2)19-23(5)25-17-15-13-11-9-7-8-10-12-14-16-18-26-24(6)20-22(3)4/h21-26H,7-20H2,1-6H3. The summed E-state index contributed by atoms with van der Waals surface area (Å²) in [4.78, 5) is 0. The molecule has 26 heavy (non-hydrogen) atoms. The second kappa shape index (κ2) is 18.3. The number of rotatable bonds is 19. The van der Waals surface area contributed by atoms with Gasteiger partial charge in [-0.3, -0.25) is 0 Å².